The standard InChI is InChI=1S/C46H58N6O17S3/c1-27(53)45(28(2)54,29(3)55)43(65)33(24-48-38(60)25-69-26-39(61)49-32-8-5-31(6-9-32)7-10-40(62)51-17-12-41(51)63)50-37(59)14-22-70-34-23-42(64)52(44(34)66)16-11-36(58)47-15-19-68-21-20-67-18-13-35(57)46(30(4)56)71-72-46/h5-6,8-9,33-34H,7,10-26H2,1-4H3,(H,47,58)(H,48,60)(H,49,61)(H,50,59)/t33-,34?/m1/s1. The van der Waals surface area contributed by atoms with Gasteiger partial charge in [-0.3, -0.25) is 76.9 Å². The predicted octanol–water partition coefficient (Wildman–Crippen LogP) is -0.313. The van der Waals surface area contributed by atoms with Gasteiger partial charge in [0, 0.05) is 76.1 Å². The van der Waals surface area contributed by atoms with Crippen molar-refractivity contribution in [3.63, 3.8) is 0 Å². The lowest BCUT2D eigenvalue weighted by Gasteiger charge is -2.29. The van der Waals surface area contributed by atoms with Crippen molar-refractivity contribution in [1.82, 2.24) is 25.8 Å². The number of carbonyl (C=O) groups excluding carboxylic acids is 14. The van der Waals surface area contributed by atoms with Crippen LogP contribution in [0.2, 0.25) is 0 Å². The molecule has 392 valence electrons. The summed E-state index contributed by atoms with van der Waals surface area (Å²) in [6, 6.07) is 4.80. The van der Waals surface area contributed by atoms with Crippen LogP contribution in [0, 0.1) is 5.41 Å². The molecular formula is C46H58N6O17S3. The first kappa shape index (κ1) is 58.9. The third kappa shape index (κ3) is 16.4. The number of benzene rings is 1. The van der Waals surface area contributed by atoms with Gasteiger partial charge in [-0.2, -0.15) is 0 Å². The fourth-order valence-corrected chi connectivity index (χ4v) is 10.7. The van der Waals surface area contributed by atoms with Gasteiger partial charge in [0.1, 0.15) is 19.3 Å². The number of ether oxygens (including phenoxy) is 3. The fraction of sp³-hybridized carbons (Fsp3) is 0.565. The van der Waals surface area contributed by atoms with Gasteiger partial charge in [0.15, 0.2) is 38.8 Å². The minimum absolute atomic E-state index is 0.0560. The molecule has 72 heavy (non-hydrogen) atoms. The number of hydrogen-bond donors (Lipinski definition) is 4. The van der Waals surface area contributed by atoms with Crippen LogP contribution in [0.15, 0.2) is 24.3 Å². The number of rotatable bonds is 34. The predicted molar refractivity (Wildman–Crippen MR) is 260 cm³/mol. The summed E-state index contributed by atoms with van der Waals surface area (Å²) >= 11 is 0.967. The normalized spacial score (nSPS) is 16.3. The highest BCUT2D eigenvalue weighted by atomic mass is 33.2. The van der Waals surface area contributed by atoms with E-state index in [1.807, 2.05) is 0 Å². The SMILES string of the molecule is CC(=O)C1(C(=O)CCOCCOCCNC(=O)CCN2C(=O)CC(SCCC(=O)N[C@H](CNC(=O)COCC(=O)Nc3ccc(CCC(=O)N4CCC4=O)cc3)C(=O)C(C(C)=O)(C(C)=O)C(C)=O)C2=O)SS1. The summed E-state index contributed by atoms with van der Waals surface area (Å²) in [5.41, 5.74) is -1.60. The zero-order chi connectivity index (χ0) is 53.2. The van der Waals surface area contributed by atoms with E-state index in [0.29, 0.717) is 25.1 Å². The van der Waals surface area contributed by atoms with E-state index in [4.69, 9.17) is 14.2 Å². The number of ketones is 6. The molecule has 0 saturated carbocycles. The molecule has 0 spiro atoms. The molecule has 3 aliphatic rings. The Morgan fingerprint density at radius 3 is 1.96 bits per heavy atom. The molecule has 3 heterocycles. The third-order valence-corrected chi connectivity index (χ3v) is 15.7. The summed E-state index contributed by atoms with van der Waals surface area (Å²) in [5, 5.41) is 9.01. The minimum atomic E-state index is -2.79. The van der Waals surface area contributed by atoms with E-state index in [9.17, 15) is 67.1 Å². The molecule has 0 radical (unpaired) electrons. The maximum Gasteiger partial charge on any atom is 0.250 e. The Bertz CT molecular complexity index is 2270. The molecule has 1 aromatic rings. The summed E-state index contributed by atoms with van der Waals surface area (Å²) in [6.45, 7) is 3.02. The molecule has 0 aliphatic carbocycles. The number of likely N-dealkylation sites (tertiary alicyclic amines) is 2. The number of anilines is 1. The molecule has 3 fully saturated rings. The van der Waals surface area contributed by atoms with E-state index < -0.39 is 99.1 Å². The van der Waals surface area contributed by atoms with Gasteiger partial charge >= 0.3 is 0 Å². The molecule has 3 aliphatic heterocycles. The highest BCUT2D eigenvalue weighted by Gasteiger charge is 2.57. The van der Waals surface area contributed by atoms with Gasteiger partial charge < -0.3 is 35.5 Å². The van der Waals surface area contributed by atoms with Crippen LogP contribution < -0.4 is 21.3 Å². The van der Waals surface area contributed by atoms with Crippen LogP contribution in [0.3, 0.4) is 0 Å². The third-order valence-electron chi connectivity index (χ3n) is 11.5. The number of nitrogens with zero attached hydrogens (tertiary/aromatic N) is 2. The number of aryl methyl sites for hydroxylation is 1. The second-order valence-electron chi connectivity index (χ2n) is 16.7. The van der Waals surface area contributed by atoms with Crippen molar-refractivity contribution in [3.8, 4) is 0 Å². The molecule has 23 nitrogen and oxygen atoms in total. The summed E-state index contributed by atoms with van der Waals surface area (Å²) in [4.78, 5) is 178. The zero-order valence-electron chi connectivity index (χ0n) is 40.3. The van der Waals surface area contributed by atoms with Crippen molar-refractivity contribution >= 4 is 121 Å². The second-order valence-corrected chi connectivity index (χ2v) is 20.8. The Kier molecular flexibility index (Phi) is 22.9. The molecule has 3 saturated heterocycles. The van der Waals surface area contributed by atoms with Crippen molar-refractivity contribution in [2.24, 2.45) is 5.41 Å². The summed E-state index contributed by atoms with van der Waals surface area (Å²) in [6.07, 6.45) is 0.255. The number of nitrogens with one attached hydrogen (secondary N) is 4. The highest BCUT2D eigenvalue weighted by molar-refractivity contribution is 8.94. The molecule has 26 heteroatoms. The monoisotopic (exact) mass is 1060 g/mol. The molecule has 4 N–H and O–H groups in total. The largest absolute Gasteiger partial charge is 0.379 e. The molecule has 8 amide bonds. The number of imide groups is 2. The van der Waals surface area contributed by atoms with Crippen molar-refractivity contribution in [2.45, 2.75) is 88.0 Å². The number of Topliss-reactive ketones (excluding diaryl/α,β-unsaturated/α-hetero) is 6. The molecule has 0 aromatic heterocycles. The Balaban J connectivity index is 1.16. The maximum atomic E-state index is 13.9. The van der Waals surface area contributed by atoms with Crippen LogP contribution in [0.5, 0.6) is 0 Å². The Morgan fingerprint density at radius 1 is 0.736 bits per heavy atom. The first-order valence-corrected chi connectivity index (χ1v) is 26.1. The van der Waals surface area contributed by atoms with E-state index in [1.54, 1.807) is 24.3 Å². The van der Waals surface area contributed by atoms with E-state index in [2.05, 4.69) is 21.3 Å². The van der Waals surface area contributed by atoms with Gasteiger partial charge in [-0.1, -0.05) is 33.7 Å². The zero-order valence-corrected chi connectivity index (χ0v) is 42.7. The fourth-order valence-electron chi connectivity index (χ4n) is 7.40. The summed E-state index contributed by atoms with van der Waals surface area (Å²) in [5.74, 6) is -9.38. The molecule has 4 rings (SSSR count). The van der Waals surface area contributed by atoms with Gasteiger partial charge in [-0.15, -0.1) is 11.8 Å². The molecular weight excluding hydrogens is 1000 g/mol. The van der Waals surface area contributed by atoms with Crippen molar-refractivity contribution < 1.29 is 81.3 Å². The van der Waals surface area contributed by atoms with Gasteiger partial charge in [-0.05, 0) is 51.8 Å². The van der Waals surface area contributed by atoms with Crippen LogP contribution in [0.25, 0.3) is 0 Å². The Labute approximate surface area is 426 Å². The molecule has 1 aromatic carbocycles. The number of thioether (sulfide) groups is 1. The first-order valence-electron chi connectivity index (χ1n) is 22.9. The lowest BCUT2D eigenvalue weighted by molar-refractivity contribution is -0.155. The average molecular weight is 1060 g/mol. The number of carbonyl (C=O) groups is 14. The first-order chi connectivity index (χ1) is 34.1. The van der Waals surface area contributed by atoms with Crippen molar-refractivity contribution in [1.29, 1.82) is 0 Å². The number of β-lactam (4-membered cyclic amide) rings is 1. The van der Waals surface area contributed by atoms with Crippen molar-refractivity contribution in [2.75, 3.05) is 76.9 Å². The van der Waals surface area contributed by atoms with Crippen LogP contribution in [-0.4, -0.2) is 179 Å². The van der Waals surface area contributed by atoms with Crippen molar-refractivity contribution in [3.05, 3.63) is 29.8 Å². The highest BCUT2D eigenvalue weighted by Crippen LogP contribution is 2.66. The maximum absolute atomic E-state index is 13.9. The van der Waals surface area contributed by atoms with E-state index in [-0.39, 0.29) is 101 Å². The molecule has 0 bridgehead atoms. The number of hydrogen-bond acceptors (Lipinski definition) is 20. The van der Waals surface area contributed by atoms with Gasteiger partial charge in [0.2, 0.25) is 52.7 Å². The van der Waals surface area contributed by atoms with Gasteiger partial charge in [0.25, 0.3) is 0 Å². The van der Waals surface area contributed by atoms with Crippen LogP contribution in [0.1, 0.15) is 71.8 Å². The lowest BCUT2D eigenvalue weighted by Crippen LogP contribution is -2.60. The van der Waals surface area contributed by atoms with Crippen LogP contribution in [0.4, 0.5) is 5.69 Å². The smallest absolute Gasteiger partial charge is 0.250 e. The summed E-state index contributed by atoms with van der Waals surface area (Å²) in [7, 11) is 2.47. The Morgan fingerprint density at radius 2 is 1.38 bits per heavy atom. The number of amides is 8. The van der Waals surface area contributed by atoms with E-state index in [1.165, 1.54) is 33.4 Å². The average Bonchev–Trinajstić information content (AvgIpc) is 4.09. The van der Waals surface area contributed by atoms with Crippen LogP contribution in [-0.2, 0) is 87.8 Å². The Hall–Kier alpha value is -5.67. The minimum Gasteiger partial charge on any atom is -0.379 e. The molecule has 2 atom stereocenters. The van der Waals surface area contributed by atoms with Crippen LogP contribution >= 0.6 is 33.3 Å². The second kappa shape index (κ2) is 28.0. The van der Waals surface area contributed by atoms with E-state index in [0.717, 1.165) is 43.0 Å². The topological polar surface area (TPSA) is 321 Å². The van der Waals surface area contributed by atoms with Gasteiger partial charge in [-0.25, -0.2) is 0 Å². The lowest BCUT2D eigenvalue weighted by atomic mass is 9.71. The van der Waals surface area contributed by atoms with E-state index >= 15 is 0 Å². The quantitative estimate of drug-likeness (QED) is 0.0172. The summed E-state index contributed by atoms with van der Waals surface area (Å²) < 4.78 is 15.0. The molecule has 1 unspecified atom stereocenters. The van der Waals surface area contributed by atoms with Gasteiger partial charge in [0.05, 0.1) is 31.7 Å².